The summed E-state index contributed by atoms with van der Waals surface area (Å²) in [5, 5.41) is 15.0. The average Bonchev–Trinajstić information content (AvgIpc) is 3.19. The smallest absolute Gasteiger partial charge is 0.407 e. The molecule has 2 aliphatic carbocycles. The van der Waals surface area contributed by atoms with E-state index in [0.29, 0.717) is 19.3 Å². The van der Waals surface area contributed by atoms with Crippen molar-refractivity contribution in [3.8, 4) is 11.1 Å². The molecule has 2 unspecified atom stereocenters. The Labute approximate surface area is 205 Å². The second-order valence-corrected chi connectivity index (χ2v) is 9.38. The fourth-order valence-corrected chi connectivity index (χ4v) is 4.96. The molecule has 3 N–H and O–H groups in total. The summed E-state index contributed by atoms with van der Waals surface area (Å²) in [6, 6.07) is 15.0. The molecule has 0 radical (unpaired) electrons. The number of allylic oxidation sites excluding steroid dienone is 1. The number of hydrogen-bond acceptors (Lipinski definition) is 4. The van der Waals surface area contributed by atoms with E-state index in [1.54, 1.807) is 6.92 Å². The number of nitrogens with one attached hydrogen (secondary N) is 2. The van der Waals surface area contributed by atoms with Crippen LogP contribution in [0.3, 0.4) is 0 Å². The SMILES string of the molecule is CC[C@H](C)[C@H](NC(=O)C1CC=CC(NC(=O)OCC2c3ccccc3-c3ccccc32)C1)C(=O)O. The zero-order valence-electron chi connectivity index (χ0n) is 20.1. The van der Waals surface area contributed by atoms with Gasteiger partial charge in [0.1, 0.15) is 12.6 Å². The minimum absolute atomic E-state index is 0.0259. The van der Waals surface area contributed by atoms with Crippen LogP contribution in [-0.4, -0.2) is 41.8 Å². The molecule has 4 atom stereocenters. The molecule has 0 saturated carbocycles. The molecule has 0 heterocycles. The van der Waals surface area contributed by atoms with Crippen LogP contribution in [0.5, 0.6) is 0 Å². The molecule has 35 heavy (non-hydrogen) atoms. The van der Waals surface area contributed by atoms with E-state index >= 15 is 0 Å². The van der Waals surface area contributed by atoms with Gasteiger partial charge in [0.25, 0.3) is 0 Å². The van der Waals surface area contributed by atoms with Crippen LogP contribution in [0.2, 0.25) is 0 Å². The van der Waals surface area contributed by atoms with Crippen LogP contribution in [0.1, 0.15) is 50.2 Å². The number of carbonyl (C=O) groups excluding carboxylic acids is 2. The van der Waals surface area contributed by atoms with Gasteiger partial charge in [0.15, 0.2) is 0 Å². The lowest BCUT2D eigenvalue weighted by molar-refractivity contribution is -0.144. The van der Waals surface area contributed by atoms with E-state index in [0.717, 1.165) is 11.1 Å². The maximum absolute atomic E-state index is 12.7. The normalized spacial score (nSPS) is 20.3. The lowest BCUT2D eigenvalue weighted by Crippen LogP contribution is -2.48. The quantitative estimate of drug-likeness (QED) is 0.488. The number of alkyl carbamates (subject to hydrolysis) is 1. The molecule has 0 saturated heterocycles. The maximum Gasteiger partial charge on any atom is 0.407 e. The van der Waals surface area contributed by atoms with E-state index < -0.39 is 24.0 Å². The predicted octanol–water partition coefficient (Wildman–Crippen LogP) is 4.48. The zero-order chi connectivity index (χ0) is 24.9. The van der Waals surface area contributed by atoms with Gasteiger partial charge in [-0.3, -0.25) is 4.79 Å². The molecule has 2 aromatic carbocycles. The Morgan fingerprint density at radius 1 is 1.06 bits per heavy atom. The Morgan fingerprint density at radius 2 is 1.69 bits per heavy atom. The topological polar surface area (TPSA) is 105 Å². The first-order valence-corrected chi connectivity index (χ1v) is 12.2. The fraction of sp³-hybridized carbons (Fsp3) is 0.393. The van der Waals surface area contributed by atoms with Crippen LogP contribution in [-0.2, 0) is 14.3 Å². The Morgan fingerprint density at radius 3 is 2.29 bits per heavy atom. The van der Waals surface area contributed by atoms with Crippen LogP contribution in [0.4, 0.5) is 4.79 Å². The average molecular weight is 477 g/mol. The third-order valence-corrected chi connectivity index (χ3v) is 7.12. The van der Waals surface area contributed by atoms with Crippen LogP contribution in [0, 0.1) is 11.8 Å². The Hall–Kier alpha value is -3.61. The van der Waals surface area contributed by atoms with Gasteiger partial charge >= 0.3 is 12.1 Å². The van der Waals surface area contributed by atoms with Gasteiger partial charge in [0.2, 0.25) is 5.91 Å². The van der Waals surface area contributed by atoms with Gasteiger partial charge in [-0.15, -0.1) is 0 Å². The van der Waals surface area contributed by atoms with Crippen molar-refractivity contribution in [3.05, 3.63) is 71.8 Å². The zero-order valence-corrected chi connectivity index (χ0v) is 20.1. The third-order valence-electron chi connectivity index (χ3n) is 7.12. The second-order valence-electron chi connectivity index (χ2n) is 9.38. The number of hydrogen-bond donors (Lipinski definition) is 3. The molecule has 0 aromatic heterocycles. The molecule has 7 nitrogen and oxygen atoms in total. The number of ether oxygens (including phenoxy) is 1. The molecule has 2 amide bonds. The van der Waals surface area contributed by atoms with E-state index in [9.17, 15) is 19.5 Å². The van der Waals surface area contributed by atoms with E-state index in [4.69, 9.17) is 4.74 Å². The van der Waals surface area contributed by atoms with Crippen LogP contribution < -0.4 is 10.6 Å². The molecule has 0 aliphatic heterocycles. The van der Waals surface area contributed by atoms with Crippen molar-refractivity contribution in [3.63, 3.8) is 0 Å². The fourth-order valence-electron chi connectivity index (χ4n) is 4.96. The van der Waals surface area contributed by atoms with Crippen molar-refractivity contribution in [2.75, 3.05) is 6.61 Å². The van der Waals surface area contributed by atoms with Crippen LogP contribution in [0.25, 0.3) is 11.1 Å². The molecular weight excluding hydrogens is 444 g/mol. The minimum Gasteiger partial charge on any atom is -0.480 e. The van der Waals surface area contributed by atoms with Gasteiger partial charge < -0.3 is 20.5 Å². The predicted molar refractivity (Wildman–Crippen MR) is 133 cm³/mol. The van der Waals surface area contributed by atoms with Crippen molar-refractivity contribution in [2.45, 2.75) is 51.1 Å². The maximum atomic E-state index is 12.7. The number of carboxylic acids is 1. The molecular formula is C28H32N2O5. The van der Waals surface area contributed by atoms with Crippen molar-refractivity contribution in [1.29, 1.82) is 0 Å². The van der Waals surface area contributed by atoms with Gasteiger partial charge in [0.05, 0.1) is 6.04 Å². The van der Waals surface area contributed by atoms with E-state index in [-0.39, 0.29) is 30.4 Å². The Bertz CT molecular complexity index is 1080. The lowest BCUT2D eigenvalue weighted by Gasteiger charge is -2.27. The Balaban J connectivity index is 1.33. The summed E-state index contributed by atoms with van der Waals surface area (Å²) in [7, 11) is 0. The highest BCUT2D eigenvalue weighted by Gasteiger charge is 2.32. The van der Waals surface area contributed by atoms with Crippen LogP contribution in [0.15, 0.2) is 60.7 Å². The first kappa shape index (κ1) is 24.5. The number of rotatable bonds is 8. The standard InChI is InChI=1S/C28H32N2O5/c1-3-17(2)25(27(32)33)30-26(31)18-9-8-10-19(15-18)29-28(34)35-16-24-22-13-6-4-11-20(22)21-12-5-7-14-23(21)24/h4-8,10-14,17-19,24-25H,3,9,15-16H2,1-2H3,(H,29,34)(H,30,31)(H,32,33)/t17-,18?,19?,25-/m0/s1. The summed E-state index contributed by atoms with van der Waals surface area (Å²) in [5.74, 6) is -1.95. The van der Waals surface area contributed by atoms with Crippen molar-refractivity contribution >= 4 is 18.0 Å². The van der Waals surface area contributed by atoms with Gasteiger partial charge in [-0.25, -0.2) is 9.59 Å². The molecule has 2 aromatic rings. The van der Waals surface area contributed by atoms with E-state index in [1.165, 1.54) is 11.1 Å². The lowest BCUT2D eigenvalue weighted by atomic mass is 9.89. The number of amides is 2. The second kappa shape index (κ2) is 10.8. The molecule has 0 bridgehead atoms. The molecule has 0 fully saturated rings. The summed E-state index contributed by atoms with van der Waals surface area (Å²) in [5.41, 5.74) is 4.62. The largest absolute Gasteiger partial charge is 0.480 e. The number of fused-ring (bicyclic) bond motifs is 3. The number of carboxylic acid groups (broad SMARTS) is 1. The number of carbonyl (C=O) groups is 3. The van der Waals surface area contributed by atoms with Gasteiger partial charge in [-0.1, -0.05) is 81.0 Å². The summed E-state index contributed by atoms with van der Waals surface area (Å²) < 4.78 is 5.62. The molecule has 4 rings (SSSR count). The highest BCUT2D eigenvalue weighted by Crippen LogP contribution is 2.44. The molecule has 184 valence electrons. The van der Waals surface area contributed by atoms with Crippen molar-refractivity contribution in [2.24, 2.45) is 11.8 Å². The number of aliphatic carboxylic acids is 1. The van der Waals surface area contributed by atoms with Gasteiger partial charge in [-0.05, 0) is 41.0 Å². The molecule has 0 spiro atoms. The molecule has 7 heteroatoms. The van der Waals surface area contributed by atoms with E-state index in [1.807, 2.05) is 43.3 Å². The highest BCUT2D eigenvalue weighted by molar-refractivity contribution is 5.85. The van der Waals surface area contributed by atoms with Gasteiger partial charge in [-0.2, -0.15) is 0 Å². The van der Waals surface area contributed by atoms with Gasteiger partial charge in [0, 0.05) is 11.8 Å². The monoisotopic (exact) mass is 476 g/mol. The Kier molecular flexibility index (Phi) is 7.54. The first-order valence-electron chi connectivity index (χ1n) is 12.2. The summed E-state index contributed by atoms with van der Waals surface area (Å²) >= 11 is 0. The minimum atomic E-state index is -1.03. The summed E-state index contributed by atoms with van der Waals surface area (Å²) in [6.07, 6.45) is 4.70. The van der Waals surface area contributed by atoms with Crippen molar-refractivity contribution in [1.82, 2.24) is 10.6 Å². The number of benzene rings is 2. The summed E-state index contributed by atoms with van der Waals surface area (Å²) in [6.45, 7) is 3.92. The van der Waals surface area contributed by atoms with Crippen molar-refractivity contribution < 1.29 is 24.2 Å². The highest BCUT2D eigenvalue weighted by atomic mass is 16.5. The third kappa shape index (κ3) is 5.39. The first-order chi connectivity index (χ1) is 16.9. The van der Waals surface area contributed by atoms with E-state index in [2.05, 4.69) is 34.9 Å². The van der Waals surface area contributed by atoms with Crippen LogP contribution >= 0.6 is 0 Å². The summed E-state index contributed by atoms with van der Waals surface area (Å²) in [4.78, 5) is 36.9. The molecule has 2 aliphatic rings.